The SMILES string of the molecule is O=C(N[C@H]1CC[C@@H](n2c(=O)c3cc(F)cnc3n(-c3cccc(-c4ccc(CN5CCN(CCO)CC5)cc4)c3)c2=O)CC1)C1CN2CCCCC2=N1. The quantitative estimate of drug-likeness (QED) is 0.270. The first-order chi connectivity index (χ1) is 25.8. The highest BCUT2D eigenvalue weighted by molar-refractivity contribution is 5.92. The van der Waals surface area contributed by atoms with Gasteiger partial charge in [-0.1, -0.05) is 36.4 Å². The molecule has 278 valence electrons. The predicted octanol–water partition coefficient (Wildman–Crippen LogP) is 3.33. The van der Waals surface area contributed by atoms with Crippen LogP contribution in [-0.4, -0.2) is 110 Å². The van der Waals surface area contributed by atoms with Gasteiger partial charge in [0.25, 0.3) is 5.56 Å². The highest BCUT2D eigenvalue weighted by Crippen LogP contribution is 2.29. The number of fused-ring (bicyclic) bond motifs is 2. The van der Waals surface area contributed by atoms with Gasteiger partial charge in [0.05, 0.1) is 30.4 Å². The van der Waals surface area contributed by atoms with Gasteiger partial charge in [0, 0.05) is 64.3 Å². The van der Waals surface area contributed by atoms with Crippen molar-refractivity contribution in [1.82, 2.24) is 34.1 Å². The summed E-state index contributed by atoms with van der Waals surface area (Å²) in [4.78, 5) is 57.3. The van der Waals surface area contributed by atoms with Gasteiger partial charge in [-0.3, -0.25) is 28.9 Å². The molecule has 0 spiro atoms. The number of aliphatic hydroxyl groups is 1. The van der Waals surface area contributed by atoms with Gasteiger partial charge in [-0.25, -0.2) is 18.7 Å². The number of carbonyl (C=O) groups excluding carboxylic acids is 1. The number of β-amino-alcohol motifs (C(OH)–C–C–N with tert-alkyl or cyclic N) is 1. The lowest BCUT2D eigenvalue weighted by molar-refractivity contribution is -0.123. The Balaban J connectivity index is 1.01. The standard InChI is InChI=1S/C40H47FN8O4/c41-30-23-34-37(42-24-30)48(33-5-3-4-29(22-33)28-9-7-27(8-10-28)25-46-18-16-45(17-19-46)20-21-50)40(53)49(39(34)52)32-13-11-31(12-14-32)43-38(51)35-26-47-15-2-1-6-36(47)44-35/h3-5,7-10,22-24,31-32,35,50H,1-2,6,11-21,25-26H2,(H,43,51)/t31-,32+,35?. The topological polar surface area (TPSA) is 128 Å². The summed E-state index contributed by atoms with van der Waals surface area (Å²) in [6.07, 6.45) is 6.46. The number of hydrogen-bond acceptors (Lipinski definition) is 9. The van der Waals surface area contributed by atoms with Gasteiger partial charge < -0.3 is 15.3 Å². The maximum Gasteiger partial charge on any atom is 0.337 e. The van der Waals surface area contributed by atoms with Gasteiger partial charge in [0.1, 0.15) is 17.7 Å². The van der Waals surface area contributed by atoms with Gasteiger partial charge in [0.15, 0.2) is 5.65 Å². The first kappa shape index (κ1) is 35.3. The van der Waals surface area contributed by atoms with E-state index in [1.54, 1.807) is 6.07 Å². The van der Waals surface area contributed by atoms with E-state index < -0.39 is 29.1 Å². The fourth-order valence-electron chi connectivity index (χ4n) is 8.50. The monoisotopic (exact) mass is 722 g/mol. The third-order valence-electron chi connectivity index (χ3n) is 11.4. The Morgan fingerprint density at radius 3 is 2.43 bits per heavy atom. The van der Waals surface area contributed by atoms with Crippen LogP contribution in [0.2, 0.25) is 0 Å². The predicted molar refractivity (Wildman–Crippen MR) is 202 cm³/mol. The Labute approximate surface area is 307 Å². The molecule has 4 aromatic rings. The van der Waals surface area contributed by atoms with Crippen LogP contribution in [0.15, 0.2) is 75.4 Å². The van der Waals surface area contributed by atoms with E-state index in [0.717, 1.165) is 94.3 Å². The van der Waals surface area contributed by atoms with E-state index in [0.29, 0.717) is 37.9 Å². The minimum absolute atomic E-state index is 0.0452. The molecule has 0 bridgehead atoms. The number of nitrogens with one attached hydrogen (secondary N) is 1. The molecule has 5 heterocycles. The van der Waals surface area contributed by atoms with E-state index in [1.807, 2.05) is 18.2 Å². The molecule has 4 aliphatic rings. The number of carbonyl (C=O) groups is 1. The summed E-state index contributed by atoms with van der Waals surface area (Å²) >= 11 is 0. The molecule has 2 saturated heterocycles. The molecule has 1 amide bonds. The Morgan fingerprint density at radius 1 is 0.906 bits per heavy atom. The van der Waals surface area contributed by atoms with Crippen molar-refractivity contribution in [3.8, 4) is 16.8 Å². The zero-order valence-corrected chi connectivity index (χ0v) is 30.0. The zero-order valence-electron chi connectivity index (χ0n) is 30.0. The van der Waals surface area contributed by atoms with Crippen molar-refractivity contribution >= 4 is 22.8 Å². The smallest absolute Gasteiger partial charge is 0.337 e. The molecule has 2 aromatic carbocycles. The third-order valence-corrected chi connectivity index (χ3v) is 11.4. The number of hydrogen-bond donors (Lipinski definition) is 2. The molecule has 53 heavy (non-hydrogen) atoms. The summed E-state index contributed by atoms with van der Waals surface area (Å²) in [5.41, 5.74) is 2.66. The minimum atomic E-state index is -0.648. The van der Waals surface area contributed by atoms with Crippen LogP contribution in [0.5, 0.6) is 0 Å². The molecule has 3 fully saturated rings. The summed E-state index contributed by atoms with van der Waals surface area (Å²) in [6, 6.07) is 16.3. The fraction of sp³-hybridized carbons (Fsp3) is 0.475. The number of aliphatic hydroxyl groups excluding tert-OH is 1. The van der Waals surface area contributed by atoms with Crippen LogP contribution in [0.3, 0.4) is 0 Å². The van der Waals surface area contributed by atoms with Gasteiger partial charge in [-0.05, 0) is 73.4 Å². The molecule has 2 aromatic heterocycles. The summed E-state index contributed by atoms with van der Waals surface area (Å²) in [5, 5.41) is 12.5. The van der Waals surface area contributed by atoms with Crippen molar-refractivity contribution in [3.63, 3.8) is 0 Å². The van der Waals surface area contributed by atoms with E-state index in [1.165, 1.54) is 14.7 Å². The van der Waals surface area contributed by atoms with E-state index in [-0.39, 0.29) is 29.6 Å². The molecule has 13 heteroatoms. The number of amidine groups is 1. The Morgan fingerprint density at radius 2 is 1.68 bits per heavy atom. The second-order valence-electron chi connectivity index (χ2n) is 14.9. The van der Waals surface area contributed by atoms with Crippen LogP contribution < -0.4 is 16.6 Å². The molecular formula is C40H47FN8O4. The summed E-state index contributed by atoms with van der Waals surface area (Å²) in [6.45, 7) is 7.15. The number of nitrogens with zero attached hydrogens (tertiary/aromatic N) is 7. The van der Waals surface area contributed by atoms with Gasteiger partial charge in [-0.15, -0.1) is 0 Å². The van der Waals surface area contributed by atoms with E-state index in [9.17, 15) is 23.9 Å². The van der Waals surface area contributed by atoms with Crippen LogP contribution in [0, 0.1) is 5.82 Å². The lowest BCUT2D eigenvalue weighted by Gasteiger charge is -2.34. The van der Waals surface area contributed by atoms with E-state index >= 15 is 0 Å². The average molecular weight is 723 g/mol. The maximum absolute atomic E-state index is 14.6. The number of pyridine rings is 1. The molecule has 1 aliphatic carbocycles. The zero-order chi connectivity index (χ0) is 36.5. The van der Waals surface area contributed by atoms with Crippen molar-refractivity contribution in [2.75, 3.05) is 52.4 Å². The van der Waals surface area contributed by atoms with Crippen LogP contribution >= 0.6 is 0 Å². The molecule has 2 N–H and O–H groups in total. The van der Waals surface area contributed by atoms with Crippen molar-refractivity contribution in [3.05, 3.63) is 93.0 Å². The normalized spacial score (nSPS) is 22.5. The number of halogens is 1. The van der Waals surface area contributed by atoms with Crippen molar-refractivity contribution in [2.24, 2.45) is 4.99 Å². The first-order valence-corrected chi connectivity index (χ1v) is 19.0. The molecule has 8 rings (SSSR count). The lowest BCUT2D eigenvalue weighted by atomic mass is 9.90. The van der Waals surface area contributed by atoms with Gasteiger partial charge in [0.2, 0.25) is 5.91 Å². The van der Waals surface area contributed by atoms with Crippen LogP contribution in [0.25, 0.3) is 27.8 Å². The van der Waals surface area contributed by atoms with E-state index in [2.05, 4.69) is 54.3 Å². The van der Waals surface area contributed by atoms with Gasteiger partial charge >= 0.3 is 5.69 Å². The number of amides is 1. The number of rotatable bonds is 9. The second-order valence-corrected chi connectivity index (χ2v) is 14.9. The van der Waals surface area contributed by atoms with Crippen molar-refractivity contribution in [2.45, 2.75) is 69.6 Å². The molecule has 1 atom stereocenters. The van der Waals surface area contributed by atoms with Crippen LogP contribution in [-0.2, 0) is 11.3 Å². The fourth-order valence-corrected chi connectivity index (χ4v) is 8.50. The largest absolute Gasteiger partial charge is 0.395 e. The number of piperidine rings is 1. The molecule has 12 nitrogen and oxygen atoms in total. The summed E-state index contributed by atoms with van der Waals surface area (Å²) in [5.74, 6) is 0.327. The van der Waals surface area contributed by atoms with Gasteiger partial charge in [-0.2, -0.15) is 0 Å². The Hall–Kier alpha value is -4.72. The number of aliphatic imine (C=N–C) groups is 1. The maximum atomic E-state index is 14.6. The lowest BCUT2D eigenvalue weighted by Crippen LogP contribution is -2.47. The minimum Gasteiger partial charge on any atom is -0.395 e. The highest BCUT2D eigenvalue weighted by atomic mass is 19.1. The molecule has 1 unspecified atom stereocenters. The van der Waals surface area contributed by atoms with E-state index in [4.69, 9.17) is 0 Å². The van der Waals surface area contributed by atoms with Crippen LogP contribution in [0.1, 0.15) is 56.6 Å². The number of benzene rings is 2. The summed E-state index contributed by atoms with van der Waals surface area (Å²) in [7, 11) is 0. The summed E-state index contributed by atoms with van der Waals surface area (Å²) < 4.78 is 17.3. The molecule has 3 aliphatic heterocycles. The Kier molecular flexibility index (Phi) is 10.2. The number of piperazine rings is 1. The first-order valence-electron chi connectivity index (χ1n) is 19.0. The molecule has 1 saturated carbocycles. The third kappa shape index (κ3) is 7.42. The van der Waals surface area contributed by atoms with Crippen LogP contribution in [0.4, 0.5) is 4.39 Å². The average Bonchev–Trinajstić information content (AvgIpc) is 3.62. The highest BCUT2D eigenvalue weighted by Gasteiger charge is 2.34. The van der Waals surface area contributed by atoms with Crippen molar-refractivity contribution < 1.29 is 14.3 Å². The molecular weight excluding hydrogens is 675 g/mol. The van der Waals surface area contributed by atoms with Crippen molar-refractivity contribution in [1.29, 1.82) is 0 Å². The number of aromatic nitrogens is 3. The second kappa shape index (κ2) is 15.3. The Bertz CT molecular complexity index is 2120. The molecule has 0 radical (unpaired) electrons.